The van der Waals surface area contributed by atoms with E-state index in [1.165, 1.54) is 86.6 Å². The standard InChI is InChI=1S/C52H39NS/c1-51(2)45-18-9-7-14-39(45)42-30-36(24-26-47(42)51)53(37-25-27-48-43(31-37)40-15-8-10-19-46(40)52(48,3)4)35-22-20-32(21-23-35)38-16-11-17-41-44-28-33-12-5-6-13-34(33)29-49(44)54-50(38)41/h5-31H,1-4H3. The molecule has 0 unspecified atom stereocenters. The van der Waals surface area contributed by atoms with Gasteiger partial charge in [0.05, 0.1) is 0 Å². The van der Waals surface area contributed by atoms with Gasteiger partial charge in [-0.05, 0) is 115 Å². The summed E-state index contributed by atoms with van der Waals surface area (Å²) in [5.74, 6) is 0. The first-order valence-corrected chi connectivity index (χ1v) is 19.8. The number of benzene rings is 8. The number of rotatable bonds is 4. The highest BCUT2D eigenvalue weighted by Crippen LogP contribution is 2.53. The van der Waals surface area contributed by atoms with Crippen molar-refractivity contribution in [3.05, 3.63) is 186 Å². The van der Waals surface area contributed by atoms with Gasteiger partial charge in [-0.1, -0.05) is 143 Å². The normalized spacial score (nSPS) is 14.6. The molecule has 1 aromatic heterocycles. The summed E-state index contributed by atoms with van der Waals surface area (Å²) in [6.07, 6.45) is 0. The van der Waals surface area contributed by atoms with Crippen molar-refractivity contribution in [2.45, 2.75) is 38.5 Å². The van der Waals surface area contributed by atoms with E-state index in [0.717, 1.165) is 17.1 Å². The largest absolute Gasteiger partial charge is 0.310 e. The van der Waals surface area contributed by atoms with Crippen LogP contribution in [0.25, 0.3) is 64.3 Å². The zero-order chi connectivity index (χ0) is 36.3. The Hall–Kier alpha value is -5.96. The Balaban J connectivity index is 1.07. The fraction of sp³-hybridized carbons (Fsp3) is 0.115. The first kappa shape index (κ1) is 31.6. The number of nitrogens with zero attached hydrogens (tertiary/aromatic N) is 1. The topological polar surface area (TPSA) is 3.24 Å². The monoisotopic (exact) mass is 709 g/mol. The maximum absolute atomic E-state index is 2.46. The Bertz CT molecular complexity index is 2890. The lowest BCUT2D eigenvalue weighted by Crippen LogP contribution is -2.16. The molecule has 8 aromatic carbocycles. The van der Waals surface area contributed by atoms with Gasteiger partial charge in [0, 0.05) is 48.1 Å². The molecule has 2 aliphatic carbocycles. The summed E-state index contributed by atoms with van der Waals surface area (Å²) in [5.41, 5.74) is 16.8. The molecule has 0 amide bonds. The van der Waals surface area contributed by atoms with Crippen LogP contribution in [0, 0.1) is 0 Å². The lowest BCUT2D eigenvalue weighted by Gasteiger charge is -2.28. The predicted molar refractivity (Wildman–Crippen MR) is 232 cm³/mol. The summed E-state index contributed by atoms with van der Waals surface area (Å²) in [6.45, 7) is 9.42. The second kappa shape index (κ2) is 11.3. The molecule has 9 aromatic rings. The highest BCUT2D eigenvalue weighted by Gasteiger charge is 2.37. The van der Waals surface area contributed by atoms with E-state index in [4.69, 9.17) is 0 Å². The van der Waals surface area contributed by atoms with Gasteiger partial charge in [0.15, 0.2) is 0 Å². The van der Waals surface area contributed by atoms with Crippen molar-refractivity contribution >= 4 is 59.3 Å². The van der Waals surface area contributed by atoms with Crippen molar-refractivity contribution < 1.29 is 0 Å². The van der Waals surface area contributed by atoms with Crippen LogP contribution in [0.1, 0.15) is 49.9 Å². The highest BCUT2D eigenvalue weighted by atomic mass is 32.1. The summed E-state index contributed by atoms with van der Waals surface area (Å²) in [7, 11) is 0. The van der Waals surface area contributed by atoms with Crippen LogP contribution in [0.2, 0.25) is 0 Å². The van der Waals surface area contributed by atoms with Gasteiger partial charge in [0.2, 0.25) is 0 Å². The number of anilines is 3. The molecule has 0 fully saturated rings. The molecule has 258 valence electrons. The first-order valence-electron chi connectivity index (χ1n) is 19.0. The average Bonchev–Trinajstić information content (AvgIpc) is 3.76. The number of thiophene rings is 1. The quantitative estimate of drug-likeness (QED) is 0.176. The summed E-state index contributed by atoms with van der Waals surface area (Å²) in [4.78, 5) is 2.46. The number of fused-ring (bicyclic) bond motifs is 10. The Morgan fingerprint density at radius 3 is 1.50 bits per heavy atom. The van der Waals surface area contributed by atoms with Gasteiger partial charge in [0.1, 0.15) is 0 Å². The van der Waals surface area contributed by atoms with Crippen molar-refractivity contribution in [1.82, 2.24) is 0 Å². The van der Waals surface area contributed by atoms with Crippen LogP contribution < -0.4 is 4.90 Å². The van der Waals surface area contributed by atoms with Gasteiger partial charge in [-0.15, -0.1) is 11.3 Å². The molecule has 54 heavy (non-hydrogen) atoms. The smallest absolute Gasteiger partial charge is 0.0468 e. The third-order valence-electron chi connectivity index (χ3n) is 12.5. The molecule has 0 atom stereocenters. The van der Waals surface area contributed by atoms with Crippen LogP contribution >= 0.6 is 11.3 Å². The van der Waals surface area contributed by atoms with E-state index < -0.39 is 0 Å². The van der Waals surface area contributed by atoms with Crippen molar-refractivity contribution in [1.29, 1.82) is 0 Å². The molecule has 0 radical (unpaired) electrons. The van der Waals surface area contributed by atoms with E-state index in [9.17, 15) is 0 Å². The Labute approximate surface area is 320 Å². The van der Waals surface area contributed by atoms with E-state index in [0.29, 0.717) is 0 Å². The second-order valence-electron chi connectivity index (χ2n) is 16.2. The number of hydrogen-bond donors (Lipinski definition) is 0. The van der Waals surface area contributed by atoms with Crippen LogP contribution in [-0.2, 0) is 10.8 Å². The minimum Gasteiger partial charge on any atom is -0.310 e. The Morgan fingerprint density at radius 1 is 0.389 bits per heavy atom. The summed E-state index contributed by atoms with van der Waals surface area (Å²) in [5, 5.41) is 5.24. The molecular formula is C52H39NS. The summed E-state index contributed by atoms with van der Waals surface area (Å²) >= 11 is 1.90. The fourth-order valence-corrected chi connectivity index (χ4v) is 10.9. The fourth-order valence-electron chi connectivity index (χ4n) is 9.64. The molecule has 1 heterocycles. The van der Waals surface area contributed by atoms with Crippen LogP contribution in [-0.4, -0.2) is 0 Å². The minimum atomic E-state index is -0.0415. The second-order valence-corrected chi connectivity index (χ2v) is 17.2. The molecule has 11 rings (SSSR count). The third-order valence-corrected chi connectivity index (χ3v) is 13.7. The van der Waals surface area contributed by atoms with Crippen molar-refractivity contribution in [3.8, 4) is 33.4 Å². The molecule has 0 saturated heterocycles. The SMILES string of the molecule is CC1(C)c2ccccc2-c2cc(N(c3ccc(-c4cccc5c4sc4cc6ccccc6cc45)cc3)c3ccc4c(c3)-c3ccccc3C4(C)C)ccc21. The van der Waals surface area contributed by atoms with Gasteiger partial charge in [-0.25, -0.2) is 0 Å². The van der Waals surface area contributed by atoms with E-state index >= 15 is 0 Å². The molecule has 1 nitrogen and oxygen atoms in total. The Kier molecular flexibility index (Phi) is 6.59. The van der Waals surface area contributed by atoms with Gasteiger partial charge in [0.25, 0.3) is 0 Å². The van der Waals surface area contributed by atoms with Crippen LogP contribution in [0.4, 0.5) is 17.1 Å². The summed E-state index contributed by atoms with van der Waals surface area (Å²) < 4.78 is 2.67. The van der Waals surface area contributed by atoms with E-state index in [1.807, 2.05) is 11.3 Å². The van der Waals surface area contributed by atoms with Gasteiger partial charge in [-0.3, -0.25) is 0 Å². The van der Waals surface area contributed by atoms with Crippen LogP contribution in [0.3, 0.4) is 0 Å². The third kappa shape index (κ3) is 4.44. The van der Waals surface area contributed by atoms with Gasteiger partial charge >= 0.3 is 0 Å². The highest BCUT2D eigenvalue weighted by molar-refractivity contribution is 7.26. The van der Waals surface area contributed by atoms with E-state index in [-0.39, 0.29) is 10.8 Å². The van der Waals surface area contributed by atoms with Crippen LogP contribution in [0.5, 0.6) is 0 Å². The van der Waals surface area contributed by atoms with Crippen LogP contribution in [0.15, 0.2) is 164 Å². The zero-order valence-corrected chi connectivity index (χ0v) is 31.8. The van der Waals surface area contributed by atoms with Crippen molar-refractivity contribution in [2.24, 2.45) is 0 Å². The maximum Gasteiger partial charge on any atom is 0.0468 e. The zero-order valence-electron chi connectivity index (χ0n) is 30.9. The number of hydrogen-bond acceptors (Lipinski definition) is 2. The molecule has 0 aliphatic heterocycles. The lowest BCUT2D eigenvalue weighted by atomic mass is 9.82. The Morgan fingerprint density at radius 2 is 0.889 bits per heavy atom. The molecule has 0 bridgehead atoms. The molecular weight excluding hydrogens is 671 g/mol. The lowest BCUT2D eigenvalue weighted by molar-refractivity contribution is 0.660. The van der Waals surface area contributed by atoms with E-state index in [1.54, 1.807) is 0 Å². The molecule has 0 spiro atoms. The van der Waals surface area contributed by atoms with Gasteiger partial charge in [-0.2, -0.15) is 0 Å². The van der Waals surface area contributed by atoms with E-state index in [2.05, 4.69) is 196 Å². The molecule has 0 N–H and O–H groups in total. The molecule has 2 heteroatoms. The van der Waals surface area contributed by atoms with Gasteiger partial charge < -0.3 is 4.90 Å². The molecule has 0 saturated carbocycles. The van der Waals surface area contributed by atoms with Crippen molar-refractivity contribution in [3.63, 3.8) is 0 Å². The van der Waals surface area contributed by atoms with Crippen molar-refractivity contribution in [2.75, 3.05) is 4.90 Å². The summed E-state index contributed by atoms with van der Waals surface area (Å²) in [6, 6.07) is 61.5. The average molecular weight is 710 g/mol. The first-order chi connectivity index (χ1) is 26.3. The predicted octanol–water partition coefficient (Wildman–Crippen LogP) is 15.0. The molecule has 2 aliphatic rings. The maximum atomic E-state index is 2.46. The minimum absolute atomic E-state index is 0.0415.